The van der Waals surface area contributed by atoms with Crippen LogP contribution < -0.4 is 10.2 Å². The summed E-state index contributed by atoms with van der Waals surface area (Å²) in [4.78, 5) is 18.9. The van der Waals surface area contributed by atoms with Gasteiger partial charge in [-0.05, 0) is 26.7 Å². The van der Waals surface area contributed by atoms with E-state index in [-0.39, 0.29) is 5.91 Å². The fraction of sp³-hybridized carbons (Fsp3) is 0.562. The Balaban J connectivity index is 1.60. The molecular weight excluding hydrogens is 294 g/mol. The fourth-order valence-corrected chi connectivity index (χ4v) is 2.96. The lowest BCUT2D eigenvalue weighted by Gasteiger charge is -2.33. The van der Waals surface area contributed by atoms with E-state index in [0.29, 0.717) is 19.2 Å². The third kappa shape index (κ3) is 2.88. The lowest BCUT2D eigenvalue weighted by Crippen LogP contribution is -2.50. The van der Waals surface area contributed by atoms with Gasteiger partial charge in [-0.1, -0.05) is 0 Å². The van der Waals surface area contributed by atoms with Crippen molar-refractivity contribution in [3.05, 3.63) is 23.5 Å². The van der Waals surface area contributed by atoms with Crippen LogP contribution in [-0.4, -0.2) is 52.3 Å². The maximum Gasteiger partial charge on any atom is 0.251 e. The number of carbonyl (C=O) groups is 1. The highest BCUT2D eigenvalue weighted by molar-refractivity contribution is 5.82. The van der Waals surface area contributed by atoms with Gasteiger partial charge < -0.3 is 15.0 Å². The molecule has 1 amide bonds. The number of aromatic nitrogens is 3. The molecule has 3 heterocycles. The summed E-state index contributed by atoms with van der Waals surface area (Å²) < 4.78 is 7.52. The van der Waals surface area contributed by atoms with E-state index in [1.807, 2.05) is 30.5 Å². The average Bonchev–Trinajstić information content (AvgIpc) is 3.26. The topological polar surface area (TPSA) is 71.8 Å². The number of fused-ring (bicyclic) bond motifs is 1. The Morgan fingerprint density at radius 2 is 2.13 bits per heavy atom. The van der Waals surface area contributed by atoms with E-state index >= 15 is 0 Å². The molecule has 1 unspecified atom stereocenters. The molecule has 1 saturated carbocycles. The number of carbonyl (C=O) groups excluding carboxylic acids is 1. The zero-order valence-electron chi connectivity index (χ0n) is 13.5. The number of morpholine rings is 1. The Bertz CT molecular complexity index is 752. The van der Waals surface area contributed by atoms with E-state index in [9.17, 15) is 4.79 Å². The molecule has 0 aromatic carbocycles. The molecule has 2 aromatic heterocycles. The number of hydrogen-bond acceptors (Lipinski definition) is 5. The first-order valence-electron chi connectivity index (χ1n) is 8.11. The Hall–Kier alpha value is -2.15. The van der Waals surface area contributed by atoms with Crippen LogP contribution in [0.15, 0.2) is 12.1 Å². The molecule has 0 radical (unpaired) electrons. The molecule has 2 aromatic rings. The van der Waals surface area contributed by atoms with Crippen molar-refractivity contribution in [1.29, 1.82) is 0 Å². The molecular formula is C16H21N5O2. The summed E-state index contributed by atoms with van der Waals surface area (Å²) in [5.41, 5.74) is 2.71. The van der Waals surface area contributed by atoms with Crippen molar-refractivity contribution >= 4 is 17.4 Å². The van der Waals surface area contributed by atoms with Crippen LogP contribution in [0.2, 0.25) is 0 Å². The summed E-state index contributed by atoms with van der Waals surface area (Å²) in [6, 6.07) is 4.33. The second-order valence-corrected chi connectivity index (χ2v) is 6.40. The molecule has 1 atom stereocenters. The number of nitrogens with zero attached hydrogens (tertiary/aromatic N) is 4. The first kappa shape index (κ1) is 14.4. The number of amides is 1. The molecule has 2 fully saturated rings. The Morgan fingerprint density at radius 1 is 1.30 bits per heavy atom. The third-order valence-corrected chi connectivity index (χ3v) is 4.27. The van der Waals surface area contributed by atoms with Gasteiger partial charge in [-0.3, -0.25) is 4.79 Å². The maximum absolute atomic E-state index is 12.3. The number of hydrogen-bond donors (Lipinski definition) is 1. The zero-order chi connectivity index (χ0) is 16.0. The third-order valence-electron chi connectivity index (χ3n) is 4.27. The molecule has 7 nitrogen and oxygen atoms in total. The lowest BCUT2D eigenvalue weighted by atomic mass is 10.2. The minimum atomic E-state index is -0.426. The monoisotopic (exact) mass is 315 g/mol. The zero-order valence-corrected chi connectivity index (χ0v) is 13.5. The van der Waals surface area contributed by atoms with Crippen molar-refractivity contribution < 1.29 is 9.53 Å². The Morgan fingerprint density at radius 3 is 2.91 bits per heavy atom. The van der Waals surface area contributed by atoms with Gasteiger partial charge in [0.1, 0.15) is 5.82 Å². The van der Waals surface area contributed by atoms with Gasteiger partial charge in [0.05, 0.1) is 18.8 Å². The first-order valence-corrected chi connectivity index (χ1v) is 8.11. The molecule has 23 heavy (non-hydrogen) atoms. The molecule has 7 heteroatoms. The van der Waals surface area contributed by atoms with Gasteiger partial charge in [-0.25, -0.2) is 4.98 Å². The smallest absolute Gasteiger partial charge is 0.251 e. The van der Waals surface area contributed by atoms with Crippen molar-refractivity contribution in [2.45, 2.75) is 38.8 Å². The molecule has 1 N–H and O–H groups in total. The molecule has 1 aliphatic carbocycles. The van der Waals surface area contributed by atoms with Crippen LogP contribution in [0, 0.1) is 13.8 Å². The maximum atomic E-state index is 12.3. The summed E-state index contributed by atoms with van der Waals surface area (Å²) in [7, 11) is 0. The van der Waals surface area contributed by atoms with E-state index in [2.05, 4.69) is 20.3 Å². The normalized spacial score (nSPS) is 21.7. The van der Waals surface area contributed by atoms with Crippen LogP contribution in [0.1, 0.15) is 24.2 Å². The van der Waals surface area contributed by atoms with Gasteiger partial charge in [0, 0.05) is 30.4 Å². The lowest BCUT2D eigenvalue weighted by molar-refractivity contribution is -0.133. The Kier molecular flexibility index (Phi) is 3.45. The summed E-state index contributed by atoms with van der Waals surface area (Å²) in [6.07, 6.45) is 1.74. The highest BCUT2D eigenvalue weighted by Gasteiger charge is 2.32. The molecule has 1 saturated heterocycles. The summed E-state index contributed by atoms with van der Waals surface area (Å²) in [6.45, 7) is 5.75. The van der Waals surface area contributed by atoms with Crippen molar-refractivity contribution in [1.82, 2.24) is 19.9 Å². The van der Waals surface area contributed by atoms with E-state index in [0.717, 1.165) is 42.2 Å². The number of ether oxygens (including phenoxy) is 1. The van der Waals surface area contributed by atoms with Crippen LogP contribution >= 0.6 is 0 Å². The van der Waals surface area contributed by atoms with Gasteiger partial charge in [-0.15, -0.1) is 0 Å². The van der Waals surface area contributed by atoms with Gasteiger partial charge in [0.2, 0.25) is 0 Å². The standard InChI is InChI=1S/C16H21N5O2/c1-10-8-15(21-14(17-10)7-11(2)19-21)20-5-6-23-13(9-20)16(22)18-12-3-4-12/h7-8,12-13H,3-6,9H2,1-2H3,(H,18,22). The van der Waals surface area contributed by atoms with Crippen molar-refractivity contribution in [3.63, 3.8) is 0 Å². The second-order valence-electron chi connectivity index (χ2n) is 6.40. The van der Waals surface area contributed by atoms with E-state index in [1.165, 1.54) is 0 Å². The van der Waals surface area contributed by atoms with Gasteiger partial charge in [0.15, 0.2) is 11.8 Å². The van der Waals surface area contributed by atoms with E-state index in [4.69, 9.17) is 4.74 Å². The molecule has 1 aliphatic heterocycles. The summed E-state index contributed by atoms with van der Waals surface area (Å²) >= 11 is 0. The minimum absolute atomic E-state index is 0.00383. The van der Waals surface area contributed by atoms with Crippen LogP contribution in [0.25, 0.3) is 5.65 Å². The largest absolute Gasteiger partial charge is 0.365 e. The number of rotatable bonds is 3. The quantitative estimate of drug-likeness (QED) is 0.908. The predicted molar refractivity (Wildman–Crippen MR) is 85.6 cm³/mol. The predicted octanol–water partition coefficient (Wildman–Crippen LogP) is 0.830. The summed E-state index contributed by atoms with van der Waals surface area (Å²) in [5.74, 6) is 0.962. The minimum Gasteiger partial charge on any atom is -0.365 e. The highest BCUT2D eigenvalue weighted by atomic mass is 16.5. The van der Waals surface area contributed by atoms with Crippen LogP contribution in [0.3, 0.4) is 0 Å². The molecule has 2 aliphatic rings. The highest BCUT2D eigenvalue weighted by Crippen LogP contribution is 2.22. The van der Waals surface area contributed by atoms with Crippen molar-refractivity contribution in [2.75, 3.05) is 24.6 Å². The first-order chi connectivity index (χ1) is 11.1. The van der Waals surface area contributed by atoms with Crippen molar-refractivity contribution in [3.8, 4) is 0 Å². The number of aryl methyl sites for hydroxylation is 2. The molecule has 4 rings (SSSR count). The SMILES string of the molecule is Cc1cc(N2CCOC(C(=O)NC3CC3)C2)n2nc(C)cc2n1. The van der Waals surface area contributed by atoms with Gasteiger partial charge in [0.25, 0.3) is 5.91 Å². The fourth-order valence-electron chi connectivity index (χ4n) is 2.96. The van der Waals surface area contributed by atoms with Gasteiger partial charge >= 0.3 is 0 Å². The number of anilines is 1. The van der Waals surface area contributed by atoms with Crippen LogP contribution in [0.4, 0.5) is 5.82 Å². The van der Waals surface area contributed by atoms with E-state index in [1.54, 1.807) is 0 Å². The van der Waals surface area contributed by atoms with Crippen molar-refractivity contribution in [2.24, 2.45) is 0 Å². The molecule has 0 spiro atoms. The second kappa shape index (κ2) is 5.49. The number of nitrogens with one attached hydrogen (secondary N) is 1. The van der Waals surface area contributed by atoms with Gasteiger partial charge in [-0.2, -0.15) is 9.61 Å². The summed E-state index contributed by atoms with van der Waals surface area (Å²) in [5, 5.41) is 7.55. The molecule has 122 valence electrons. The Labute approximate surface area is 134 Å². The van der Waals surface area contributed by atoms with Crippen LogP contribution in [0.5, 0.6) is 0 Å². The molecule has 0 bridgehead atoms. The van der Waals surface area contributed by atoms with Crippen LogP contribution in [-0.2, 0) is 9.53 Å². The average molecular weight is 315 g/mol. The van der Waals surface area contributed by atoms with E-state index < -0.39 is 6.10 Å².